The second kappa shape index (κ2) is 5.60. The van der Waals surface area contributed by atoms with Gasteiger partial charge in [-0.2, -0.15) is 0 Å². The van der Waals surface area contributed by atoms with Crippen molar-refractivity contribution in [2.24, 2.45) is 0 Å². The second-order valence-corrected chi connectivity index (χ2v) is 4.38. The first-order chi connectivity index (χ1) is 9.49. The Labute approximate surface area is 115 Å². The molecule has 7 heteroatoms. The van der Waals surface area contributed by atoms with E-state index in [-0.39, 0.29) is 18.4 Å². The van der Waals surface area contributed by atoms with Crippen molar-refractivity contribution < 1.29 is 19.1 Å². The fourth-order valence-electron chi connectivity index (χ4n) is 1.86. The highest BCUT2D eigenvalue weighted by molar-refractivity contribution is 6.03. The van der Waals surface area contributed by atoms with Crippen molar-refractivity contribution in [1.29, 1.82) is 0 Å². The Morgan fingerprint density at radius 3 is 2.70 bits per heavy atom. The van der Waals surface area contributed by atoms with Crippen LogP contribution in [0.3, 0.4) is 0 Å². The molecule has 0 saturated carbocycles. The van der Waals surface area contributed by atoms with Crippen molar-refractivity contribution in [2.45, 2.75) is 20.0 Å². The molecule has 0 bridgehead atoms. The maximum Gasteiger partial charge on any atom is 0.268 e. The van der Waals surface area contributed by atoms with Crippen molar-refractivity contribution in [1.82, 2.24) is 10.9 Å². The van der Waals surface area contributed by atoms with Crippen LogP contribution >= 0.6 is 0 Å². The number of fused-ring (bicyclic) bond motifs is 1. The number of carbonyl (C=O) groups is 3. The zero-order valence-electron chi connectivity index (χ0n) is 11.2. The third-order valence-corrected chi connectivity index (χ3v) is 2.75. The zero-order valence-corrected chi connectivity index (χ0v) is 11.2. The summed E-state index contributed by atoms with van der Waals surface area (Å²) < 4.78 is 5.46. The fraction of sp³-hybridized carbons (Fsp3) is 0.308. The SMILES string of the molecule is CC(=O)NNC(=O)CN1C(=O)[C@@H](C)Oc2ccccc21. The Balaban J connectivity index is 2.15. The van der Waals surface area contributed by atoms with Crippen molar-refractivity contribution in [3.05, 3.63) is 24.3 Å². The van der Waals surface area contributed by atoms with Gasteiger partial charge in [-0.15, -0.1) is 0 Å². The third-order valence-electron chi connectivity index (χ3n) is 2.75. The van der Waals surface area contributed by atoms with Gasteiger partial charge in [0.05, 0.1) is 5.69 Å². The molecule has 3 amide bonds. The average molecular weight is 277 g/mol. The molecule has 0 unspecified atom stereocenters. The first-order valence-electron chi connectivity index (χ1n) is 6.11. The van der Waals surface area contributed by atoms with Gasteiger partial charge in [0.1, 0.15) is 12.3 Å². The van der Waals surface area contributed by atoms with Gasteiger partial charge in [0.15, 0.2) is 6.10 Å². The highest BCUT2D eigenvalue weighted by Gasteiger charge is 2.32. The van der Waals surface area contributed by atoms with Gasteiger partial charge in [0.25, 0.3) is 11.8 Å². The Kier molecular flexibility index (Phi) is 3.88. The van der Waals surface area contributed by atoms with E-state index in [0.29, 0.717) is 11.4 Å². The number of para-hydroxylation sites is 2. The lowest BCUT2D eigenvalue weighted by molar-refractivity contribution is -0.129. The maximum atomic E-state index is 12.1. The van der Waals surface area contributed by atoms with Gasteiger partial charge in [-0.1, -0.05) is 12.1 Å². The van der Waals surface area contributed by atoms with E-state index in [0.717, 1.165) is 0 Å². The lowest BCUT2D eigenvalue weighted by Gasteiger charge is -2.32. The number of carbonyl (C=O) groups excluding carboxylic acids is 3. The summed E-state index contributed by atoms with van der Waals surface area (Å²) in [6, 6.07) is 6.98. The summed E-state index contributed by atoms with van der Waals surface area (Å²) in [6.07, 6.45) is -0.654. The van der Waals surface area contributed by atoms with Crippen LogP contribution in [0.2, 0.25) is 0 Å². The second-order valence-electron chi connectivity index (χ2n) is 4.38. The standard InChI is InChI=1S/C13H15N3O4/c1-8-13(19)16(7-12(18)15-14-9(2)17)10-5-3-4-6-11(10)20-8/h3-6,8H,7H2,1-2H3,(H,14,17)(H,15,18)/t8-/m1/s1. The largest absolute Gasteiger partial charge is 0.479 e. The molecular formula is C13H15N3O4. The van der Waals surface area contributed by atoms with E-state index in [4.69, 9.17) is 4.74 Å². The number of ether oxygens (including phenoxy) is 1. The molecule has 20 heavy (non-hydrogen) atoms. The molecular weight excluding hydrogens is 262 g/mol. The molecule has 0 aromatic heterocycles. The maximum absolute atomic E-state index is 12.1. The summed E-state index contributed by atoms with van der Waals surface area (Å²) in [5, 5.41) is 0. The van der Waals surface area contributed by atoms with Gasteiger partial charge < -0.3 is 4.74 Å². The van der Waals surface area contributed by atoms with Crippen LogP contribution in [0.1, 0.15) is 13.8 Å². The summed E-state index contributed by atoms with van der Waals surface area (Å²) in [5.41, 5.74) is 4.94. The van der Waals surface area contributed by atoms with Crippen LogP contribution in [0.25, 0.3) is 0 Å². The summed E-state index contributed by atoms with van der Waals surface area (Å²) in [7, 11) is 0. The number of nitrogens with zero attached hydrogens (tertiary/aromatic N) is 1. The molecule has 1 aromatic rings. The number of benzene rings is 1. The van der Waals surface area contributed by atoms with Crippen molar-refractivity contribution in [2.75, 3.05) is 11.4 Å². The van der Waals surface area contributed by atoms with Gasteiger partial charge in [-0.05, 0) is 19.1 Å². The highest BCUT2D eigenvalue weighted by atomic mass is 16.5. The molecule has 1 aliphatic rings. The van der Waals surface area contributed by atoms with Crippen molar-refractivity contribution in [3.63, 3.8) is 0 Å². The fourth-order valence-corrected chi connectivity index (χ4v) is 1.86. The molecule has 1 aromatic carbocycles. The van der Waals surface area contributed by atoms with E-state index < -0.39 is 12.0 Å². The minimum Gasteiger partial charge on any atom is -0.479 e. The Hall–Kier alpha value is -2.57. The minimum atomic E-state index is -0.654. The molecule has 1 aliphatic heterocycles. The monoisotopic (exact) mass is 277 g/mol. The molecule has 0 radical (unpaired) electrons. The Morgan fingerprint density at radius 2 is 2.00 bits per heavy atom. The molecule has 1 atom stereocenters. The molecule has 2 rings (SSSR count). The Morgan fingerprint density at radius 1 is 1.30 bits per heavy atom. The summed E-state index contributed by atoms with van der Waals surface area (Å²) in [5.74, 6) is -0.633. The lowest BCUT2D eigenvalue weighted by Crippen LogP contribution is -2.51. The minimum absolute atomic E-state index is 0.191. The van der Waals surface area contributed by atoms with Crippen LogP contribution in [0, 0.1) is 0 Å². The smallest absolute Gasteiger partial charge is 0.268 e. The normalized spacial score (nSPS) is 17.0. The molecule has 0 spiro atoms. The topological polar surface area (TPSA) is 87.7 Å². The van der Waals surface area contributed by atoms with Crippen molar-refractivity contribution in [3.8, 4) is 5.75 Å². The lowest BCUT2D eigenvalue weighted by atomic mass is 10.2. The molecule has 106 valence electrons. The number of anilines is 1. The van der Waals surface area contributed by atoms with Crippen LogP contribution in [-0.2, 0) is 14.4 Å². The number of hydrogen-bond donors (Lipinski definition) is 2. The summed E-state index contributed by atoms with van der Waals surface area (Å²) in [4.78, 5) is 35.9. The van der Waals surface area contributed by atoms with Crippen LogP contribution in [0.4, 0.5) is 5.69 Å². The summed E-state index contributed by atoms with van der Waals surface area (Å²) in [6.45, 7) is 2.71. The number of rotatable bonds is 2. The quantitative estimate of drug-likeness (QED) is 0.743. The molecule has 0 aliphatic carbocycles. The number of hydrazine groups is 1. The number of amides is 3. The van der Waals surface area contributed by atoms with Gasteiger partial charge in [0.2, 0.25) is 5.91 Å². The van der Waals surface area contributed by atoms with E-state index in [1.165, 1.54) is 11.8 Å². The number of hydrogen-bond acceptors (Lipinski definition) is 4. The van der Waals surface area contributed by atoms with Crippen LogP contribution < -0.4 is 20.5 Å². The van der Waals surface area contributed by atoms with Crippen LogP contribution in [0.5, 0.6) is 5.75 Å². The van der Waals surface area contributed by atoms with E-state index in [2.05, 4.69) is 10.9 Å². The van der Waals surface area contributed by atoms with Gasteiger partial charge >= 0.3 is 0 Å². The molecule has 7 nitrogen and oxygen atoms in total. The number of nitrogens with one attached hydrogen (secondary N) is 2. The molecule has 2 N–H and O–H groups in total. The van der Waals surface area contributed by atoms with Gasteiger partial charge in [-0.25, -0.2) is 0 Å². The van der Waals surface area contributed by atoms with Gasteiger partial charge in [-0.3, -0.25) is 30.1 Å². The van der Waals surface area contributed by atoms with Crippen molar-refractivity contribution >= 4 is 23.4 Å². The predicted molar refractivity (Wildman–Crippen MR) is 70.8 cm³/mol. The van der Waals surface area contributed by atoms with E-state index in [1.807, 2.05) is 0 Å². The Bertz CT molecular complexity index is 558. The molecule has 1 heterocycles. The summed E-state index contributed by atoms with van der Waals surface area (Å²) >= 11 is 0. The first kappa shape index (κ1) is 13.9. The highest BCUT2D eigenvalue weighted by Crippen LogP contribution is 2.33. The predicted octanol–water partition coefficient (Wildman–Crippen LogP) is -0.0322. The van der Waals surface area contributed by atoms with Crippen LogP contribution in [0.15, 0.2) is 24.3 Å². The van der Waals surface area contributed by atoms with Crippen LogP contribution in [-0.4, -0.2) is 30.4 Å². The average Bonchev–Trinajstić information content (AvgIpc) is 2.41. The molecule has 0 saturated heterocycles. The zero-order chi connectivity index (χ0) is 14.7. The molecule has 0 fully saturated rings. The van der Waals surface area contributed by atoms with E-state index in [9.17, 15) is 14.4 Å². The third kappa shape index (κ3) is 2.87. The van der Waals surface area contributed by atoms with Gasteiger partial charge in [0, 0.05) is 6.92 Å². The first-order valence-corrected chi connectivity index (χ1v) is 6.11. The van der Waals surface area contributed by atoms with E-state index >= 15 is 0 Å². The van der Waals surface area contributed by atoms with E-state index in [1.54, 1.807) is 31.2 Å².